The average molecular weight is 440 g/mol. The fraction of sp³-hybridized carbons (Fsp3) is 0.476. The van der Waals surface area contributed by atoms with Gasteiger partial charge in [-0.15, -0.1) is 13.2 Å². The maximum Gasteiger partial charge on any atom is 0.297 e. The van der Waals surface area contributed by atoms with Gasteiger partial charge in [-0.3, -0.25) is 8.98 Å². The molecule has 1 aliphatic rings. The summed E-state index contributed by atoms with van der Waals surface area (Å²) in [6.45, 7) is 8.83. The van der Waals surface area contributed by atoms with Gasteiger partial charge in [0.05, 0.1) is 30.3 Å². The lowest BCUT2D eigenvalue weighted by atomic mass is 10.00. The fourth-order valence-corrected chi connectivity index (χ4v) is 3.87. The van der Waals surface area contributed by atoms with Gasteiger partial charge in [-0.05, 0) is 25.5 Å². The van der Waals surface area contributed by atoms with Crippen LogP contribution in [0.4, 0.5) is 0 Å². The van der Waals surface area contributed by atoms with Crippen molar-refractivity contribution in [3.8, 4) is 0 Å². The zero-order chi connectivity index (χ0) is 22.1. The van der Waals surface area contributed by atoms with Crippen LogP contribution in [-0.2, 0) is 28.6 Å². The first-order chi connectivity index (χ1) is 14.3. The zero-order valence-electron chi connectivity index (χ0n) is 17.0. The van der Waals surface area contributed by atoms with Crippen molar-refractivity contribution in [3.63, 3.8) is 0 Å². The number of benzene rings is 1. The summed E-state index contributed by atoms with van der Waals surface area (Å²) in [4.78, 5) is 12.1. The van der Waals surface area contributed by atoms with Crippen LogP contribution in [0.2, 0.25) is 0 Å². The Kier molecular flexibility index (Phi) is 9.19. The van der Waals surface area contributed by atoms with Gasteiger partial charge < -0.3 is 19.9 Å². The molecule has 0 aromatic heterocycles. The van der Waals surface area contributed by atoms with Crippen molar-refractivity contribution in [1.82, 2.24) is 5.32 Å². The molecule has 2 N–H and O–H groups in total. The van der Waals surface area contributed by atoms with Crippen LogP contribution < -0.4 is 5.32 Å². The van der Waals surface area contributed by atoms with Crippen LogP contribution in [0, 0.1) is 6.92 Å². The molecule has 4 atom stereocenters. The summed E-state index contributed by atoms with van der Waals surface area (Å²) < 4.78 is 41.2. The number of carbonyl (C=O) groups excluding carboxylic acids is 1. The molecular formula is C21H29NO7S. The van der Waals surface area contributed by atoms with Gasteiger partial charge in [0.15, 0.2) is 6.29 Å². The third kappa shape index (κ3) is 7.03. The Morgan fingerprint density at radius 1 is 1.30 bits per heavy atom. The van der Waals surface area contributed by atoms with Crippen molar-refractivity contribution in [1.29, 1.82) is 0 Å². The van der Waals surface area contributed by atoms with Gasteiger partial charge in [0.25, 0.3) is 10.1 Å². The maximum atomic E-state index is 12.4. The first-order valence-electron chi connectivity index (χ1n) is 9.69. The number of allylic oxidation sites excluding steroid dienone is 1. The van der Waals surface area contributed by atoms with Crippen LogP contribution in [-0.4, -0.2) is 57.2 Å². The van der Waals surface area contributed by atoms with Gasteiger partial charge >= 0.3 is 0 Å². The lowest BCUT2D eigenvalue weighted by molar-refractivity contribution is -0.231. The first-order valence-corrected chi connectivity index (χ1v) is 11.1. The highest BCUT2D eigenvalue weighted by atomic mass is 32.2. The molecule has 1 aliphatic heterocycles. The highest BCUT2D eigenvalue weighted by Crippen LogP contribution is 2.23. The third-order valence-electron chi connectivity index (χ3n) is 4.54. The number of rotatable bonds is 11. The maximum absolute atomic E-state index is 12.4. The topological polar surface area (TPSA) is 111 Å². The minimum Gasteiger partial charge on any atom is -0.391 e. The van der Waals surface area contributed by atoms with Crippen LogP contribution in [0.5, 0.6) is 0 Å². The minimum absolute atomic E-state index is 0.0382. The highest BCUT2D eigenvalue weighted by molar-refractivity contribution is 7.86. The van der Waals surface area contributed by atoms with Crippen molar-refractivity contribution in [3.05, 3.63) is 55.1 Å². The van der Waals surface area contributed by atoms with Crippen LogP contribution in [0.3, 0.4) is 0 Å². The zero-order valence-corrected chi connectivity index (χ0v) is 17.8. The number of carbonyl (C=O) groups is 1. The average Bonchev–Trinajstić information content (AvgIpc) is 2.71. The van der Waals surface area contributed by atoms with E-state index in [0.29, 0.717) is 6.42 Å². The monoisotopic (exact) mass is 439 g/mol. The molecule has 1 saturated heterocycles. The fourth-order valence-electron chi connectivity index (χ4n) is 2.93. The van der Waals surface area contributed by atoms with E-state index in [1.165, 1.54) is 18.2 Å². The van der Waals surface area contributed by atoms with Gasteiger partial charge in [-0.1, -0.05) is 29.8 Å². The SMILES string of the molecule is C=CCCC(=O)N[C@H]1[C@H](OCC=C)O[C@H](COS(=O)(=O)c2ccc(C)cc2)C[C@@H]1O. The second-order valence-corrected chi connectivity index (χ2v) is 8.64. The van der Waals surface area contributed by atoms with E-state index in [0.717, 1.165) is 5.56 Å². The first kappa shape index (κ1) is 24.2. The van der Waals surface area contributed by atoms with Gasteiger partial charge in [0.2, 0.25) is 5.91 Å². The quantitative estimate of drug-likeness (QED) is 0.400. The predicted molar refractivity (Wildman–Crippen MR) is 111 cm³/mol. The molecule has 0 radical (unpaired) electrons. The second kappa shape index (κ2) is 11.4. The smallest absolute Gasteiger partial charge is 0.297 e. The van der Waals surface area contributed by atoms with E-state index in [2.05, 4.69) is 18.5 Å². The molecule has 8 nitrogen and oxygen atoms in total. The van der Waals surface area contributed by atoms with Crippen LogP contribution in [0.25, 0.3) is 0 Å². The van der Waals surface area contributed by atoms with Crippen molar-refractivity contribution in [2.45, 2.75) is 55.6 Å². The predicted octanol–water partition coefficient (Wildman–Crippen LogP) is 1.83. The van der Waals surface area contributed by atoms with Crippen LogP contribution in [0.15, 0.2) is 54.5 Å². The van der Waals surface area contributed by atoms with Crippen molar-refractivity contribution < 1.29 is 32.0 Å². The Morgan fingerprint density at radius 2 is 2.00 bits per heavy atom. The molecule has 9 heteroatoms. The third-order valence-corrected chi connectivity index (χ3v) is 5.83. The molecule has 1 fully saturated rings. The summed E-state index contributed by atoms with van der Waals surface area (Å²) in [5.74, 6) is -0.272. The second-order valence-electron chi connectivity index (χ2n) is 7.02. The lowest BCUT2D eigenvalue weighted by Gasteiger charge is -2.39. The molecule has 1 aromatic rings. The highest BCUT2D eigenvalue weighted by Gasteiger charge is 2.40. The molecule has 2 rings (SSSR count). The Morgan fingerprint density at radius 3 is 2.63 bits per heavy atom. The number of aliphatic hydroxyl groups excluding tert-OH is 1. The van der Waals surface area contributed by atoms with Crippen molar-refractivity contribution in [2.24, 2.45) is 0 Å². The number of nitrogens with one attached hydrogen (secondary N) is 1. The Balaban J connectivity index is 2.01. The van der Waals surface area contributed by atoms with Gasteiger partial charge in [0.1, 0.15) is 6.04 Å². The normalized spacial score (nSPS) is 24.2. The van der Waals surface area contributed by atoms with Gasteiger partial charge in [-0.25, -0.2) is 0 Å². The summed E-state index contributed by atoms with van der Waals surface area (Å²) in [5, 5.41) is 13.2. The molecule has 1 heterocycles. The molecule has 30 heavy (non-hydrogen) atoms. The number of hydrogen-bond acceptors (Lipinski definition) is 7. The van der Waals surface area contributed by atoms with Crippen molar-refractivity contribution >= 4 is 16.0 Å². The number of amides is 1. The van der Waals surface area contributed by atoms with E-state index in [9.17, 15) is 18.3 Å². The van der Waals surface area contributed by atoms with Gasteiger partial charge in [0, 0.05) is 12.8 Å². The number of aryl methyl sites for hydroxylation is 1. The summed E-state index contributed by atoms with van der Waals surface area (Å²) in [6.07, 6.45) is 1.21. The van der Waals surface area contributed by atoms with E-state index in [4.69, 9.17) is 13.7 Å². The molecule has 0 spiro atoms. The minimum atomic E-state index is -3.97. The van der Waals surface area contributed by atoms with E-state index in [-0.39, 0.29) is 36.9 Å². The molecule has 0 unspecified atom stereocenters. The van der Waals surface area contributed by atoms with E-state index >= 15 is 0 Å². The summed E-state index contributed by atoms with van der Waals surface area (Å²) in [5.41, 5.74) is 0.927. The lowest BCUT2D eigenvalue weighted by Crippen LogP contribution is -2.58. The van der Waals surface area contributed by atoms with Crippen LogP contribution in [0.1, 0.15) is 24.8 Å². The van der Waals surface area contributed by atoms with E-state index in [1.54, 1.807) is 18.2 Å². The number of hydrogen-bond donors (Lipinski definition) is 2. The van der Waals surface area contributed by atoms with Crippen molar-refractivity contribution in [2.75, 3.05) is 13.2 Å². The molecule has 1 aromatic carbocycles. The standard InChI is InChI=1S/C21H29NO7S/c1-4-6-7-19(24)22-20-18(23)13-16(29-21(20)27-12-5-2)14-28-30(25,26)17-10-8-15(3)9-11-17/h4-5,8-11,16,18,20-21,23H,1-2,6-7,12-14H2,3H3,(H,22,24)/t16-,18-,20+,21+/m0/s1. The summed E-state index contributed by atoms with van der Waals surface area (Å²) in [7, 11) is -3.97. The summed E-state index contributed by atoms with van der Waals surface area (Å²) in [6, 6.07) is 5.48. The Hall–Kier alpha value is -2.04. The number of ether oxygens (including phenoxy) is 2. The molecule has 166 valence electrons. The molecule has 1 amide bonds. The van der Waals surface area contributed by atoms with Crippen LogP contribution >= 0.6 is 0 Å². The molecule has 0 bridgehead atoms. The molecular weight excluding hydrogens is 410 g/mol. The van der Waals surface area contributed by atoms with E-state index < -0.39 is 34.7 Å². The Bertz CT molecular complexity index is 822. The number of aliphatic hydroxyl groups is 1. The summed E-state index contributed by atoms with van der Waals surface area (Å²) >= 11 is 0. The molecule has 0 saturated carbocycles. The largest absolute Gasteiger partial charge is 0.391 e. The Labute approximate surface area is 177 Å². The van der Waals surface area contributed by atoms with Gasteiger partial charge in [-0.2, -0.15) is 8.42 Å². The molecule has 0 aliphatic carbocycles. The van der Waals surface area contributed by atoms with E-state index in [1.807, 2.05) is 6.92 Å².